The molecule has 1 aromatic heterocycles. The van der Waals surface area contributed by atoms with Crippen LogP contribution in [-0.2, 0) is 0 Å². The maximum atomic E-state index is 12.3. The van der Waals surface area contributed by atoms with Crippen molar-refractivity contribution in [1.29, 1.82) is 0 Å². The number of nitrogens with zero attached hydrogens (tertiary/aromatic N) is 2. The summed E-state index contributed by atoms with van der Waals surface area (Å²) in [7, 11) is 0. The Morgan fingerprint density at radius 1 is 1.59 bits per heavy atom. The maximum absolute atomic E-state index is 12.3. The number of rotatable bonds is 3. The number of amides is 1. The Labute approximate surface area is 102 Å². The lowest BCUT2D eigenvalue weighted by molar-refractivity contribution is 0.0613. The van der Waals surface area contributed by atoms with Crippen molar-refractivity contribution in [3.05, 3.63) is 36.7 Å². The molecule has 1 heterocycles. The minimum atomic E-state index is -0.332. The molecule has 1 rings (SSSR count). The van der Waals surface area contributed by atoms with Crippen LogP contribution >= 0.6 is 0 Å². The summed E-state index contributed by atoms with van der Waals surface area (Å²) < 4.78 is 0. The van der Waals surface area contributed by atoms with Crippen molar-refractivity contribution in [2.45, 2.75) is 26.3 Å². The van der Waals surface area contributed by atoms with Gasteiger partial charge in [0.05, 0.1) is 11.8 Å². The molecule has 0 atom stereocenters. The molecule has 0 aliphatic carbocycles. The van der Waals surface area contributed by atoms with E-state index in [0.29, 0.717) is 6.54 Å². The number of carbonyl (C=O) groups excluding carboxylic acids is 1. The molecule has 0 fully saturated rings. The second kappa shape index (κ2) is 4.99. The van der Waals surface area contributed by atoms with Crippen molar-refractivity contribution in [1.82, 2.24) is 9.88 Å². The first-order chi connectivity index (χ1) is 7.88. The van der Waals surface area contributed by atoms with Gasteiger partial charge in [0, 0.05) is 18.3 Å². The van der Waals surface area contributed by atoms with E-state index in [2.05, 4.69) is 11.6 Å². The summed E-state index contributed by atoms with van der Waals surface area (Å²) in [5.74, 6) is -0.326. The molecule has 0 aromatic carbocycles. The summed E-state index contributed by atoms with van der Waals surface area (Å²) >= 11 is 0. The predicted octanol–water partition coefficient (Wildman–Crippen LogP) is 2.21. The Morgan fingerprint density at radius 3 is 2.71 bits per heavy atom. The fourth-order valence-corrected chi connectivity index (χ4v) is 1.50. The Morgan fingerprint density at radius 2 is 2.24 bits per heavy atom. The first-order valence-electron chi connectivity index (χ1n) is 5.43. The highest BCUT2D eigenvalue weighted by Crippen LogP contribution is 2.21. The molecule has 0 saturated heterocycles. The number of hydrogen-bond donors (Lipinski definition) is 1. The van der Waals surface area contributed by atoms with Crippen molar-refractivity contribution >= 4 is 5.91 Å². The van der Waals surface area contributed by atoms with E-state index in [-0.39, 0.29) is 22.8 Å². The highest BCUT2D eigenvalue weighted by atomic mass is 16.3. The lowest BCUT2D eigenvalue weighted by Crippen LogP contribution is -2.45. The van der Waals surface area contributed by atoms with Gasteiger partial charge in [-0.1, -0.05) is 6.08 Å². The molecule has 1 aromatic rings. The first-order valence-corrected chi connectivity index (χ1v) is 5.43. The van der Waals surface area contributed by atoms with Crippen LogP contribution in [0.3, 0.4) is 0 Å². The second-order valence-electron chi connectivity index (χ2n) is 4.77. The molecular formula is C13H18N2O2. The number of carbonyl (C=O) groups is 1. The lowest BCUT2D eigenvalue weighted by atomic mass is 10.0. The summed E-state index contributed by atoms with van der Waals surface area (Å²) in [5, 5.41) is 9.63. The number of pyridine rings is 1. The molecule has 0 aliphatic rings. The largest absolute Gasteiger partial charge is 0.505 e. The summed E-state index contributed by atoms with van der Waals surface area (Å²) in [5.41, 5.74) is -0.0715. The van der Waals surface area contributed by atoms with Gasteiger partial charge in [-0.05, 0) is 26.8 Å². The van der Waals surface area contributed by atoms with Gasteiger partial charge in [-0.2, -0.15) is 0 Å². The maximum Gasteiger partial charge on any atom is 0.258 e. The Balaban J connectivity index is 3.09. The van der Waals surface area contributed by atoms with Crippen molar-refractivity contribution in [3.8, 4) is 5.75 Å². The molecule has 0 saturated carbocycles. The van der Waals surface area contributed by atoms with Gasteiger partial charge >= 0.3 is 0 Å². The molecule has 1 amide bonds. The quantitative estimate of drug-likeness (QED) is 0.816. The average Bonchev–Trinajstić information content (AvgIpc) is 2.24. The number of aromatic nitrogens is 1. The Kier molecular flexibility index (Phi) is 3.89. The van der Waals surface area contributed by atoms with Gasteiger partial charge in [0.2, 0.25) is 0 Å². The van der Waals surface area contributed by atoms with Gasteiger partial charge < -0.3 is 10.0 Å². The molecule has 0 spiro atoms. The van der Waals surface area contributed by atoms with E-state index in [4.69, 9.17) is 0 Å². The van der Waals surface area contributed by atoms with Crippen LogP contribution in [0.1, 0.15) is 31.1 Å². The van der Waals surface area contributed by atoms with Gasteiger partial charge in [-0.25, -0.2) is 0 Å². The van der Waals surface area contributed by atoms with Crippen LogP contribution in [-0.4, -0.2) is 33.0 Å². The average molecular weight is 234 g/mol. The van der Waals surface area contributed by atoms with E-state index >= 15 is 0 Å². The standard InChI is InChI=1S/C13H18N2O2/c1-5-8-15(13(2,3)4)12(17)10-6-7-14-9-11(10)16/h5-7,9,16H,1,8H2,2-4H3. The minimum Gasteiger partial charge on any atom is -0.505 e. The van der Waals surface area contributed by atoms with Crippen LogP contribution in [0, 0.1) is 0 Å². The fraction of sp³-hybridized carbons (Fsp3) is 0.385. The van der Waals surface area contributed by atoms with Crippen molar-refractivity contribution in [2.24, 2.45) is 0 Å². The Hall–Kier alpha value is -1.84. The van der Waals surface area contributed by atoms with Crippen molar-refractivity contribution in [2.75, 3.05) is 6.54 Å². The van der Waals surface area contributed by atoms with E-state index in [1.807, 2.05) is 20.8 Å². The Bertz CT molecular complexity index is 422. The topological polar surface area (TPSA) is 53.4 Å². The van der Waals surface area contributed by atoms with Crippen LogP contribution in [0.25, 0.3) is 0 Å². The predicted molar refractivity (Wildman–Crippen MR) is 66.9 cm³/mol. The van der Waals surface area contributed by atoms with E-state index in [9.17, 15) is 9.90 Å². The number of hydrogen-bond acceptors (Lipinski definition) is 3. The molecule has 0 aliphatic heterocycles. The summed E-state index contributed by atoms with van der Waals surface area (Å²) in [6.07, 6.45) is 4.42. The molecule has 1 N–H and O–H groups in total. The lowest BCUT2D eigenvalue weighted by Gasteiger charge is -2.35. The fourth-order valence-electron chi connectivity index (χ4n) is 1.50. The molecule has 0 unspecified atom stereocenters. The van der Waals surface area contributed by atoms with Crippen LogP contribution in [0.5, 0.6) is 5.75 Å². The normalized spacial score (nSPS) is 11.0. The van der Waals surface area contributed by atoms with E-state index in [0.717, 1.165) is 0 Å². The van der Waals surface area contributed by atoms with E-state index in [1.165, 1.54) is 18.5 Å². The van der Waals surface area contributed by atoms with E-state index < -0.39 is 0 Å². The third-order valence-electron chi connectivity index (χ3n) is 2.40. The number of aromatic hydroxyl groups is 1. The van der Waals surface area contributed by atoms with Gasteiger partial charge in [0.15, 0.2) is 0 Å². The van der Waals surface area contributed by atoms with E-state index in [1.54, 1.807) is 11.0 Å². The zero-order valence-electron chi connectivity index (χ0n) is 10.5. The van der Waals surface area contributed by atoms with Crippen LogP contribution < -0.4 is 0 Å². The monoisotopic (exact) mass is 234 g/mol. The summed E-state index contributed by atoms with van der Waals surface area (Å²) in [6, 6.07) is 1.51. The zero-order valence-corrected chi connectivity index (χ0v) is 10.5. The zero-order chi connectivity index (χ0) is 13.1. The molecular weight excluding hydrogens is 216 g/mol. The summed E-state index contributed by atoms with van der Waals surface area (Å²) in [4.78, 5) is 17.7. The highest BCUT2D eigenvalue weighted by Gasteiger charge is 2.27. The smallest absolute Gasteiger partial charge is 0.258 e. The minimum absolute atomic E-state index is 0.101. The van der Waals surface area contributed by atoms with Gasteiger partial charge in [0.25, 0.3) is 5.91 Å². The SMILES string of the molecule is C=CCN(C(=O)c1ccncc1O)C(C)(C)C. The molecule has 92 valence electrons. The molecule has 17 heavy (non-hydrogen) atoms. The first kappa shape index (κ1) is 13.2. The molecule has 0 radical (unpaired) electrons. The summed E-state index contributed by atoms with van der Waals surface area (Å²) in [6.45, 7) is 9.89. The third kappa shape index (κ3) is 3.06. The van der Waals surface area contributed by atoms with Gasteiger partial charge in [-0.3, -0.25) is 9.78 Å². The third-order valence-corrected chi connectivity index (χ3v) is 2.40. The van der Waals surface area contributed by atoms with Crippen molar-refractivity contribution in [3.63, 3.8) is 0 Å². The van der Waals surface area contributed by atoms with Crippen LogP contribution in [0.2, 0.25) is 0 Å². The van der Waals surface area contributed by atoms with Crippen molar-refractivity contribution < 1.29 is 9.90 Å². The molecule has 4 nitrogen and oxygen atoms in total. The highest BCUT2D eigenvalue weighted by molar-refractivity contribution is 5.97. The molecule has 4 heteroatoms. The van der Waals surface area contributed by atoms with Gasteiger partial charge in [-0.15, -0.1) is 6.58 Å². The second-order valence-corrected chi connectivity index (χ2v) is 4.77. The van der Waals surface area contributed by atoms with Gasteiger partial charge in [0.1, 0.15) is 5.75 Å². The molecule has 0 bridgehead atoms. The van der Waals surface area contributed by atoms with Crippen LogP contribution in [0.4, 0.5) is 0 Å². The van der Waals surface area contributed by atoms with Crippen LogP contribution in [0.15, 0.2) is 31.1 Å².